The summed E-state index contributed by atoms with van der Waals surface area (Å²) in [6.45, 7) is 0.197. The fraction of sp³-hybridized carbons (Fsp3) is 0.625. The Bertz CT molecular complexity index is 342. The van der Waals surface area contributed by atoms with Gasteiger partial charge in [-0.3, -0.25) is 0 Å². The summed E-state index contributed by atoms with van der Waals surface area (Å²) in [6, 6.07) is -1.97. The third-order valence-electron chi connectivity index (χ3n) is 2.87. The Morgan fingerprint density at radius 1 is 1.27 bits per heavy atom. The zero-order valence-electron chi connectivity index (χ0n) is 7.79. The Kier molecular flexibility index (Phi) is 2.02. The standard InChI is InChI=1S/C8H10N2O5/c11-6(12)5-2-1-4-3-9(5)7(13)10(4)8(14)15/h4-5H,1-3H2,(H,11,12)(H,14,15)/t4-,5-/m1/s1. The number of carbonyl (C=O) groups is 3. The van der Waals surface area contributed by atoms with Gasteiger partial charge in [-0.25, -0.2) is 19.3 Å². The second-order valence-electron chi connectivity index (χ2n) is 3.67. The van der Waals surface area contributed by atoms with Crippen LogP contribution in [0, 0.1) is 0 Å². The highest BCUT2D eigenvalue weighted by Crippen LogP contribution is 2.29. The van der Waals surface area contributed by atoms with E-state index in [-0.39, 0.29) is 12.6 Å². The van der Waals surface area contributed by atoms with Gasteiger partial charge in [-0.2, -0.15) is 0 Å². The summed E-state index contributed by atoms with van der Waals surface area (Å²) in [5, 5.41) is 17.6. The highest BCUT2D eigenvalue weighted by molar-refractivity contribution is 5.95. The minimum atomic E-state index is -1.31. The number of nitrogens with zero attached hydrogens (tertiary/aromatic N) is 2. The fourth-order valence-corrected chi connectivity index (χ4v) is 2.16. The Balaban J connectivity index is 2.25. The normalized spacial score (nSPS) is 29.5. The largest absolute Gasteiger partial charge is 0.480 e. The molecule has 82 valence electrons. The molecule has 2 saturated heterocycles. The van der Waals surface area contributed by atoms with E-state index < -0.39 is 24.1 Å². The van der Waals surface area contributed by atoms with Crippen LogP contribution in [0.4, 0.5) is 9.59 Å². The maximum Gasteiger partial charge on any atom is 0.415 e. The highest BCUT2D eigenvalue weighted by Gasteiger charge is 2.49. The summed E-state index contributed by atoms with van der Waals surface area (Å²) >= 11 is 0. The average molecular weight is 214 g/mol. The van der Waals surface area contributed by atoms with E-state index in [4.69, 9.17) is 10.2 Å². The van der Waals surface area contributed by atoms with Gasteiger partial charge in [0.05, 0.1) is 6.04 Å². The number of hydrogen-bond acceptors (Lipinski definition) is 3. The molecule has 3 amide bonds. The smallest absolute Gasteiger partial charge is 0.415 e. The molecule has 0 aromatic rings. The molecule has 0 radical (unpaired) electrons. The van der Waals surface area contributed by atoms with Gasteiger partial charge in [0.25, 0.3) is 0 Å². The van der Waals surface area contributed by atoms with Crippen molar-refractivity contribution < 1.29 is 24.6 Å². The van der Waals surface area contributed by atoms with Gasteiger partial charge in [-0.1, -0.05) is 0 Å². The van der Waals surface area contributed by atoms with Crippen LogP contribution in [0.5, 0.6) is 0 Å². The lowest BCUT2D eigenvalue weighted by atomic mass is 10.0. The van der Waals surface area contributed by atoms with Gasteiger partial charge in [0.1, 0.15) is 6.04 Å². The molecule has 0 aromatic heterocycles. The number of imide groups is 1. The zero-order chi connectivity index (χ0) is 11.2. The van der Waals surface area contributed by atoms with E-state index >= 15 is 0 Å². The van der Waals surface area contributed by atoms with Crippen molar-refractivity contribution >= 4 is 18.1 Å². The van der Waals surface area contributed by atoms with E-state index in [9.17, 15) is 14.4 Å². The minimum Gasteiger partial charge on any atom is -0.480 e. The first-order valence-electron chi connectivity index (χ1n) is 4.58. The Morgan fingerprint density at radius 3 is 2.47 bits per heavy atom. The maximum absolute atomic E-state index is 11.6. The molecule has 2 aliphatic heterocycles. The second kappa shape index (κ2) is 3.11. The van der Waals surface area contributed by atoms with Crippen molar-refractivity contribution in [2.45, 2.75) is 24.9 Å². The molecule has 7 nitrogen and oxygen atoms in total. The summed E-state index contributed by atoms with van der Waals surface area (Å²) < 4.78 is 0. The molecule has 15 heavy (non-hydrogen) atoms. The van der Waals surface area contributed by atoms with Crippen molar-refractivity contribution in [3.8, 4) is 0 Å². The van der Waals surface area contributed by atoms with E-state index in [0.717, 1.165) is 9.80 Å². The Hall–Kier alpha value is -1.79. The lowest BCUT2D eigenvalue weighted by Gasteiger charge is -2.26. The van der Waals surface area contributed by atoms with Crippen LogP contribution in [0.3, 0.4) is 0 Å². The van der Waals surface area contributed by atoms with Crippen molar-refractivity contribution in [1.82, 2.24) is 9.80 Å². The molecule has 2 bridgehead atoms. The van der Waals surface area contributed by atoms with Crippen LogP contribution in [0.15, 0.2) is 0 Å². The van der Waals surface area contributed by atoms with Crippen molar-refractivity contribution in [2.75, 3.05) is 6.54 Å². The molecule has 2 atom stereocenters. The van der Waals surface area contributed by atoms with Gasteiger partial charge in [-0.15, -0.1) is 0 Å². The third-order valence-corrected chi connectivity index (χ3v) is 2.87. The first-order chi connectivity index (χ1) is 7.02. The molecular formula is C8H10N2O5. The van der Waals surface area contributed by atoms with E-state index in [1.54, 1.807) is 0 Å². The number of urea groups is 1. The van der Waals surface area contributed by atoms with Gasteiger partial charge in [0, 0.05) is 6.54 Å². The monoisotopic (exact) mass is 214 g/mol. The Morgan fingerprint density at radius 2 is 1.93 bits per heavy atom. The van der Waals surface area contributed by atoms with E-state index in [1.807, 2.05) is 0 Å². The second-order valence-corrected chi connectivity index (χ2v) is 3.67. The highest BCUT2D eigenvalue weighted by atomic mass is 16.4. The zero-order valence-corrected chi connectivity index (χ0v) is 7.79. The number of fused-ring (bicyclic) bond motifs is 2. The molecule has 2 rings (SSSR count). The summed E-state index contributed by atoms with van der Waals surface area (Å²) in [7, 11) is 0. The van der Waals surface area contributed by atoms with Crippen molar-refractivity contribution in [3.05, 3.63) is 0 Å². The average Bonchev–Trinajstić information content (AvgIpc) is 2.39. The number of piperidine rings is 1. The van der Waals surface area contributed by atoms with E-state index in [0.29, 0.717) is 12.8 Å². The van der Waals surface area contributed by atoms with Crippen LogP contribution in [0.1, 0.15) is 12.8 Å². The van der Waals surface area contributed by atoms with Gasteiger partial charge >= 0.3 is 18.1 Å². The molecule has 7 heteroatoms. The molecule has 0 aromatic carbocycles. The molecule has 0 aliphatic carbocycles. The summed E-state index contributed by atoms with van der Waals surface area (Å²) in [5.74, 6) is -1.07. The van der Waals surface area contributed by atoms with Crippen LogP contribution in [-0.2, 0) is 4.79 Å². The van der Waals surface area contributed by atoms with Crippen LogP contribution in [0.2, 0.25) is 0 Å². The quantitative estimate of drug-likeness (QED) is 0.641. The molecule has 0 spiro atoms. The summed E-state index contributed by atoms with van der Waals surface area (Å²) in [5.41, 5.74) is 0. The van der Waals surface area contributed by atoms with Gasteiger partial charge in [0.2, 0.25) is 0 Å². The summed E-state index contributed by atoms with van der Waals surface area (Å²) in [6.07, 6.45) is -0.570. The first-order valence-corrected chi connectivity index (χ1v) is 4.58. The number of carbonyl (C=O) groups excluding carboxylic acids is 1. The maximum atomic E-state index is 11.6. The number of carboxylic acids is 1. The molecule has 0 saturated carbocycles. The lowest BCUT2D eigenvalue weighted by molar-refractivity contribution is -0.142. The van der Waals surface area contributed by atoms with Crippen LogP contribution in [0.25, 0.3) is 0 Å². The molecule has 2 aliphatic rings. The van der Waals surface area contributed by atoms with Crippen molar-refractivity contribution in [3.63, 3.8) is 0 Å². The molecule has 0 unspecified atom stereocenters. The molecule has 2 fully saturated rings. The van der Waals surface area contributed by atoms with Crippen LogP contribution >= 0.6 is 0 Å². The van der Waals surface area contributed by atoms with Crippen LogP contribution in [-0.4, -0.2) is 56.7 Å². The van der Waals surface area contributed by atoms with Crippen molar-refractivity contribution in [1.29, 1.82) is 0 Å². The van der Waals surface area contributed by atoms with E-state index in [1.165, 1.54) is 0 Å². The predicted octanol–water partition coefficient (Wildman–Crippen LogP) is 0.0176. The third kappa shape index (κ3) is 1.31. The number of aliphatic carboxylic acids is 1. The number of amides is 3. The number of carboxylic acid groups (broad SMARTS) is 2. The number of hydrogen-bond donors (Lipinski definition) is 2. The topological polar surface area (TPSA) is 98.2 Å². The number of rotatable bonds is 1. The van der Waals surface area contributed by atoms with Crippen LogP contribution < -0.4 is 0 Å². The minimum absolute atomic E-state index is 0.197. The molecular weight excluding hydrogens is 204 g/mol. The molecule has 2 N–H and O–H groups in total. The SMILES string of the molecule is O=C(O)[C@H]1CC[C@@H]2CN1C(=O)N2C(=O)O. The first kappa shape index (κ1) is 9.75. The Labute approximate surface area is 84.9 Å². The van der Waals surface area contributed by atoms with Gasteiger partial charge < -0.3 is 15.1 Å². The van der Waals surface area contributed by atoms with Gasteiger partial charge in [-0.05, 0) is 12.8 Å². The predicted molar refractivity (Wildman–Crippen MR) is 46.4 cm³/mol. The fourth-order valence-electron chi connectivity index (χ4n) is 2.16. The lowest BCUT2D eigenvalue weighted by Crippen LogP contribution is -2.45. The summed E-state index contributed by atoms with van der Waals surface area (Å²) in [4.78, 5) is 35.0. The molecule has 2 heterocycles. The van der Waals surface area contributed by atoms with Gasteiger partial charge in [0.15, 0.2) is 0 Å². The van der Waals surface area contributed by atoms with Crippen molar-refractivity contribution in [2.24, 2.45) is 0 Å². The van der Waals surface area contributed by atoms with E-state index in [2.05, 4.69) is 0 Å².